The number of hydrogen-bond acceptors (Lipinski definition) is 4. The average molecular weight is 476 g/mol. The average Bonchev–Trinajstić information content (AvgIpc) is 3.41. The fourth-order valence-corrected chi connectivity index (χ4v) is 4.71. The van der Waals surface area contributed by atoms with Gasteiger partial charge in [-0.1, -0.05) is 48.0 Å². The number of imidazole rings is 1. The number of para-hydroxylation sites is 5. The summed E-state index contributed by atoms with van der Waals surface area (Å²) in [5.41, 5.74) is 2.75. The first kappa shape index (κ1) is 22.3. The maximum absolute atomic E-state index is 13.1. The van der Waals surface area contributed by atoms with Crippen molar-refractivity contribution in [3.8, 4) is 11.5 Å². The van der Waals surface area contributed by atoms with Crippen molar-refractivity contribution in [1.82, 2.24) is 9.55 Å². The Kier molecular flexibility index (Phi) is 6.41. The number of halogens is 1. The second kappa shape index (κ2) is 9.77. The van der Waals surface area contributed by atoms with Crippen molar-refractivity contribution in [2.24, 2.45) is 0 Å². The highest BCUT2D eigenvalue weighted by Gasteiger charge is 2.36. The predicted molar refractivity (Wildman–Crippen MR) is 134 cm³/mol. The van der Waals surface area contributed by atoms with E-state index < -0.39 is 0 Å². The third kappa shape index (κ3) is 4.33. The Bertz CT molecular complexity index is 1320. The number of fused-ring (bicyclic) bond motifs is 1. The maximum atomic E-state index is 13.1. The van der Waals surface area contributed by atoms with Crippen LogP contribution in [0, 0.1) is 0 Å². The van der Waals surface area contributed by atoms with Crippen molar-refractivity contribution in [3.63, 3.8) is 0 Å². The van der Waals surface area contributed by atoms with Crippen LogP contribution in [-0.2, 0) is 11.3 Å². The van der Waals surface area contributed by atoms with Crippen LogP contribution in [0.15, 0.2) is 72.8 Å². The van der Waals surface area contributed by atoms with Crippen LogP contribution in [0.2, 0.25) is 5.02 Å². The van der Waals surface area contributed by atoms with Gasteiger partial charge < -0.3 is 18.9 Å². The molecule has 7 heteroatoms. The van der Waals surface area contributed by atoms with E-state index in [4.69, 9.17) is 26.1 Å². The van der Waals surface area contributed by atoms with Crippen LogP contribution >= 0.6 is 11.6 Å². The molecular formula is C27H26ClN3O3. The van der Waals surface area contributed by atoms with E-state index in [0.717, 1.165) is 28.3 Å². The van der Waals surface area contributed by atoms with Crippen LogP contribution < -0.4 is 14.4 Å². The summed E-state index contributed by atoms with van der Waals surface area (Å²) in [6.07, 6.45) is 0.398. The van der Waals surface area contributed by atoms with Crippen LogP contribution in [0.4, 0.5) is 5.69 Å². The minimum atomic E-state index is -0.0325. The van der Waals surface area contributed by atoms with Crippen LogP contribution in [0.1, 0.15) is 25.1 Å². The highest BCUT2D eigenvalue weighted by molar-refractivity contribution is 6.32. The summed E-state index contributed by atoms with van der Waals surface area (Å²) >= 11 is 6.24. The van der Waals surface area contributed by atoms with Crippen LogP contribution in [-0.4, -0.2) is 35.2 Å². The Morgan fingerprint density at radius 1 is 0.971 bits per heavy atom. The van der Waals surface area contributed by atoms with Crippen LogP contribution in [0.5, 0.6) is 11.5 Å². The summed E-state index contributed by atoms with van der Waals surface area (Å²) in [4.78, 5) is 19.8. The van der Waals surface area contributed by atoms with Gasteiger partial charge in [0.1, 0.15) is 23.9 Å². The molecule has 174 valence electrons. The van der Waals surface area contributed by atoms with Crippen LogP contribution in [0.25, 0.3) is 11.0 Å². The molecule has 1 aliphatic rings. The number of carbonyl (C=O) groups excluding carboxylic acids is 1. The van der Waals surface area contributed by atoms with Crippen molar-refractivity contribution in [1.29, 1.82) is 0 Å². The molecule has 0 N–H and O–H groups in total. The lowest BCUT2D eigenvalue weighted by molar-refractivity contribution is -0.117. The SMILES string of the molecule is CCOc1ccccc1N1C[C@H](c2nc3ccccc3n2CCOc2ccccc2Cl)CC1=O. The van der Waals surface area contributed by atoms with E-state index in [-0.39, 0.29) is 11.8 Å². The second-order valence-electron chi connectivity index (χ2n) is 8.20. The van der Waals surface area contributed by atoms with E-state index in [1.165, 1.54) is 0 Å². The van der Waals surface area contributed by atoms with Gasteiger partial charge in [-0.25, -0.2) is 4.98 Å². The summed E-state index contributed by atoms with van der Waals surface area (Å²) in [7, 11) is 0. The zero-order chi connectivity index (χ0) is 23.5. The lowest BCUT2D eigenvalue weighted by Gasteiger charge is -2.20. The van der Waals surface area contributed by atoms with Gasteiger partial charge in [0, 0.05) is 18.9 Å². The monoisotopic (exact) mass is 475 g/mol. The number of rotatable bonds is 8. The molecule has 0 spiro atoms. The Balaban J connectivity index is 1.41. The standard InChI is InChI=1S/C27H26ClN3O3/c1-2-33-25-14-8-6-12-23(25)31-18-19(17-26(31)32)27-29-21-10-4-5-11-22(21)30(27)15-16-34-24-13-7-3-9-20(24)28/h3-14,19H,2,15-18H2,1H3/t19-/m1/s1. The van der Waals surface area contributed by atoms with E-state index in [1.54, 1.807) is 0 Å². The highest BCUT2D eigenvalue weighted by atomic mass is 35.5. The molecule has 1 amide bonds. The number of nitrogens with zero attached hydrogens (tertiary/aromatic N) is 3. The van der Waals surface area contributed by atoms with E-state index in [1.807, 2.05) is 78.6 Å². The van der Waals surface area contributed by atoms with Crippen molar-refractivity contribution in [3.05, 3.63) is 83.6 Å². The first-order valence-electron chi connectivity index (χ1n) is 11.5. The minimum Gasteiger partial charge on any atom is -0.492 e. The molecule has 1 aliphatic heterocycles. The number of hydrogen-bond donors (Lipinski definition) is 0. The van der Waals surface area contributed by atoms with Gasteiger partial charge in [-0.15, -0.1) is 0 Å². The number of benzene rings is 3. The van der Waals surface area contributed by atoms with Gasteiger partial charge in [-0.3, -0.25) is 4.79 Å². The van der Waals surface area contributed by atoms with E-state index in [9.17, 15) is 4.79 Å². The maximum Gasteiger partial charge on any atom is 0.227 e. The molecule has 6 nitrogen and oxygen atoms in total. The molecule has 34 heavy (non-hydrogen) atoms. The zero-order valence-electron chi connectivity index (χ0n) is 19.0. The van der Waals surface area contributed by atoms with Crippen molar-refractivity contribution in [2.75, 3.05) is 24.7 Å². The predicted octanol–water partition coefficient (Wildman–Crippen LogP) is 5.69. The molecule has 0 aliphatic carbocycles. The zero-order valence-corrected chi connectivity index (χ0v) is 19.7. The van der Waals surface area contributed by atoms with Crippen molar-refractivity contribution < 1.29 is 14.3 Å². The Morgan fingerprint density at radius 2 is 1.71 bits per heavy atom. The number of ether oxygens (including phenoxy) is 2. The number of anilines is 1. The Labute approximate surface area is 203 Å². The van der Waals surface area contributed by atoms with Crippen LogP contribution in [0.3, 0.4) is 0 Å². The largest absolute Gasteiger partial charge is 0.492 e. The Hall–Kier alpha value is -3.51. The molecule has 1 fully saturated rings. The fourth-order valence-electron chi connectivity index (χ4n) is 4.52. The smallest absolute Gasteiger partial charge is 0.227 e. The summed E-state index contributed by atoms with van der Waals surface area (Å²) in [5.74, 6) is 2.32. The molecular weight excluding hydrogens is 450 g/mol. The third-order valence-corrected chi connectivity index (χ3v) is 6.35. The first-order chi connectivity index (χ1) is 16.7. The molecule has 0 bridgehead atoms. The molecule has 2 heterocycles. The molecule has 0 unspecified atom stereocenters. The van der Waals surface area contributed by atoms with E-state index >= 15 is 0 Å². The number of aromatic nitrogens is 2. The van der Waals surface area contributed by atoms with Gasteiger partial charge in [-0.2, -0.15) is 0 Å². The van der Waals surface area contributed by atoms with Crippen molar-refractivity contribution >= 4 is 34.2 Å². The summed E-state index contributed by atoms with van der Waals surface area (Å²) < 4.78 is 13.9. The molecule has 1 aromatic heterocycles. The van der Waals surface area contributed by atoms with E-state index in [0.29, 0.717) is 43.5 Å². The quantitative estimate of drug-likeness (QED) is 0.328. The topological polar surface area (TPSA) is 56.6 Å². The third-order valence-electron chi connectivity index (χ3n) is 6.04. The first-order valence-corrected chi connectivity index (χ1v) is 11.9. The molecule has 0 radical (unpaired) electrons. The van der Waals surface area contributed by atoms with E-state index in [2.05, 4.69) is 10.6 Å². The molecule has 1 atom stereocenters. The Morgan fingerprint density at radius 3 is 2.53 bits per heavy atom. The second-order valence-corrected chi connectivity index (χ2v) is 8.60. The van der Waals surface area contributed by atoms with Gasteiger partial charge in [-0.05, 0) is 43.3 Å². The van der Waals surface area contributed by atoms with Gasteiger partial charge in [0.05, 0.1) is 34.9 Å². The number of carbonyl (C=O) groups is 1. The molecule has 4 aromatic rings. The summed E-state index contributed by atoms with van der Waals surface area (Å²) in [5, 5.41) is 0.586. The summed E-state index contributed by atoms with van der Waals surface area (Å²) in [6, 6.07) is 23.2. The minimum absolute atomic E-state index is 0.0325. The van der Waals surface area contributed by atoms with Gasteiger partial charge >= 0.3 is 0 Å². The van der Waals surface area contributed by atoms with Crippen molar-refractivity contribution in [2.45, 2.75) is 25.8 Å². The molecule has 1 saturated heterocycles. The molecule has 3 aromatic carbocycles. The molecule has 5 rings (SSSR count). The van der Waals surface area contributed by atoms with Gasteiger partial charge in [0.25, 0.3) is 0 Å². The van der Waals surface area contributed by atoms with Gasteiger partial charge in [0.15, 0.2) is 0 Å². The molecule has 0 saturated carbocycles. The normalized spacial score (nSPS) is 15.8. The number of amides is 1. The lowest BCUT2D eigenvalue weighted by atomic mass is 10.1. The van der Waals surface area contributed by atoms with Gasteiger partial charge in [0.2, 0.25) is 5.91 Å². The lowest BCUT2D eigenvalue weighted by Crippen LogP contribution is -2.25. The fraction of sp³-hybridized carbons (Fsp3) is 0.259. The summed E-state index contributed by atoms with van der Waals surface area (Å²) in [6.45, 7) is 4.08. The highest BCUT2D eigenvalue weighted by Crippen LogP contribution is 2.37.